The standard InChI is InChI=1S/C17H23NO2/c1-5-6-15(16(18)12(2)3)11-13-7-9-14(10-8-13)17(19)20-4/h7-10,15,18H,2,5-6,11H2,1,3-4H3. The molecule has 0 aliphatic heterocycles. The van der Waals surface area contributed by atoms with Crippen LogP contribution >= 0.6 is 0 Å². The third-order valence-electron chi connectivity index (χ3n) is 3.36. The van der Waals surface area contributed by atoms with Crippen LogP contribution in [-0.4, -0.2) is 18.8 Å². The lowest BCUT2D eigenvalue weighted by atomic mass is 9.88. The van der Waals surface area contributed by atoms with E-state index in [1.165, 1.54) is 7.11 Å². The van der Waals surface area contributed by atoms with Gasteiger partial charge < -0.3 is 10.1 Å². The molecule has 20 heavy (non-hydrogen) atoms. The summed E-state index contributed by atoms with van der Waals surface area (Å²) in [5.41, 5.74) is 3.14. The van der Waals surface area contributed by atoms with Crippen molar-refractivity contribution >= 4 is 11.7 Å². The van der Waals surface area contributed by atoms with Crippen molar-refractivity contribution in [3.63, 3.8) is 0 Å². The molecule has 3 nitrogen and oxygen atoms in total. The first kappa shape index (κ1) is 16.2. The molecule has 1 rings (SSSR count). The topological polar surface area (TPSA) is 50.2 Å². The van der Waals surface area contributed by atoms with Crippen LogP contribution in [0.5, 0.6) is 0 Å². The maximum Gasteiger partial charge on any atom is 0.337 e. The van der Waals surface area contributed by atoms with E-state index in [0.29, 0.717) is 11.3 Å². The van der Waals surface area contributed by atoms with Gasteiger partial charge in [0.05, 0.1) is 12.7 Å². The predicted molar refractivity (Wildman–Crippen MR) is 82.4 cm³/mol. The highest BCUT2D eigenvalue weighted by Gasteiger charge is 2.15. The minimum absolute atomic E-state index is 0.196. The van der Waals surface area contributed by atoms with Crippen LogP contribution in [0.2, 0.25) is 0 Å². The lowest BCUT2D eigenvalue weighted by molar-refractivity contribution is 0.0600. The van der Waals surface area contributed by atoms with Gasteiger partial charge in [-0.25, -0.2) is 4.79 Å². The lowest BCUT2D eigenvalue weighted by Crippen LogP contribution is -2.17. The number of allylic oxidation sites excluding steroid dienone is 1. The van der Waals surface area contributed by atoms with Crippen LogP contribution in [0.15, 0.2) is 36.4 Å². The van der Waals surface area contributed by atoms with Crippen LogP contribution in [-0.2, 0) is 11.2 Å². The van der Waals surface area contributed by atoms with E-state index in [-0.39, 0.29) is 11.9 Å². The van der Waals surface area contributed by atoms with Crippen molar-refractivity contribution in [3.05, 3.63) is 47.5 Å². The number of rotatable bonds is 7. The fraction of sp³-hybridized carbons (Fsp3) is 0.412. The van der Waals surface area contributed by atoms with E-state index in [0.717, 1.165) is 30.4 Å². The molecule has 0 bridgehead atoms. The predicted octanol–water partition coefficient (Wildman–Crippen LogP) is 4.03. The molecule has 1 aromatic rings. The Balaban J connectivity index is 2.81. The van der Waals surface area contributed by atoms with E-state index in [2.05, 4.69) is 18.2 Å². The van der Waals surface area contributed by atoms with Crippen LogP contribution in [0.1, 0.15) is 42.6 Å². The van der Waals surface area contributed by atoms with Crippen LogP contribution in [0.25, 0.3) is 0 Å². The van der Waals surface area contributed by atoms with E-state index in [9.17, 15) is 4.79 Å². The highest BCUT2D eigenvalue weighted by atomic mass is 16.5. The first-order chi connectivity index (χ1) is 9.49. The average molecular weight is 273 g/mol. The van der Waals surface area contributed by atoms with Crippen molar-refractivity contribution in [2.45, 2.75) is 33.1 Å². The van der Waals surface area contributed by atoms with Crippen LogP contribution in [0.4, 0.5) is 0 Å². The minimum atomic E-state index is -0.323. The number of ether oxygens (including phenoxy) is 1. The van der Waals surface area contributed by atoms with Gasteiger partial charge >= 0.3 is 5.97 Å². The Morgan fingerprint density at radius 2 is 1.95 bits per heavy atom. The molecule has 1 atom stereocenters. The second-order valence-corrected chi connectivity index (χ2v) is 5.07. The maximum absolute atomic E-state index is 11.4. The summed E-state index contributed by atoms with van der Waals surface area (Å²) in [4.78, 5) is 11.4. The number of methoxy groups -OCH3 is 1. The smallest absolute Gasteiger partial charge is 0.337 e. The minimum Gasteiger partial charge on any atom is -0.465 e. The summed E-state index contributed by atoms with van der Waals surface area (Å²) in [6, 6.07) is 7.41. The van der Waals surface area contributed by atoms with Gasteiger partial charge in [-0.2, -0.15) is 0 Å². The number of hydrogen-bond acceptors (Lipinski definition) is 3. The Morgan fingerprint density at radius 1 is 1.35 bits per heavy atom. The first-order valence-electron chi connectivity index (χ1n) is 6.91. The maximum atomic E-state index is 11.4. The number of nitrogens with one attached hydrogen (secondary N) is 1. The Kier molecular flexibility index (Phi) is 6.16. The third-order valence-corrected chi connectivity index (χ3v) is 3.36. The van der Waals surface area contributed by atoms with Crippen molar-refractivity contribution in [3.8, 4) is 0 Å². The Morgan fingerprint density at radius 3 is 2.40 bits per heavy atom. The van der Waals surface area contributed by atoms with Crippen LogP contribution < -0.4 is 0 Å². The molecule has 0 aromatic heterocycles. The SMILES string of the molecule is C=C(C)C(=N)C(CCC)Cc1ccc(C(=O)OC)cc1. The summed E-state index contributed by atoms with van der Waals surface area (Å²) in [5.74, 6) is -0.127. The van der Waals surface area contributed by atoms with E-state index < -0.39 is 0 Å². The Bertz CT molecular complexity index is 488. The summed E-state index contributed by atoms with van der Waals surface area (Å²) in [6.45, 7) is 7.87. The Labute approximate surface area is 121 Å². The molecule has 0 saturated heterocycles. The Hall–Kier alpha value is -1.90. The average Bonchev–Trinajstić information content (AvgIpc) is 2.45. The number of carbonyl (C=O) groups excluding carboxylic acids is 1. The van der Waals surface area contributed by atoms with Gasteiger partial charge in [0.15, 0.2) is 0 Å². The molecule has 1 N–H and O–H groups in total. The zero-order valence-corrected chi connectivity index (χ0v) is 12.5. The van der Waals surface area contributed by atoms with Gasteiger partial charge in [0.1, 0.15) is 0 Å². The summed E-state index contributed by atoms with van der Waals surface area (Å²) in [7, 11) is 1.38. The molecule has 1 unspecified atom stereocenters. The molecule has 0 heterocycles. The molecule has 1 aromatic carbocycles. The molecule has 0 amide bonds. The first-order valence-corrected chi connectivity index (χ1v) is 6.91. The quantitative estimate of drug-likeness (QED) is 0.602. The summed E-state index contributed by atoms with van der Waals surface area (Å²) < 4.78 is 4.68. The van der Waals surface area contributed by atoms with E-state index in [4.69, 9.17) is 5.41 Å². The summed E-state index contributed by atoms with van der Waals surface area (Å²) in [6.07, 6.45) is 2.83. The molecular formula is C17H23NO2. The van der Waals surface area contributed by atoms with Crippen molar-refractivity contribution in [2.75, 3.05) is 7.11 Å². The van der Waals surface area contributed by atoms with E-state index >= 15 is 0 Å². The fourth-order valence-electron chi connectivity index (χ4n) is 2.22. The molecule has 0 saturated carbocycles. The van der Waals surface area contributed by atoms with Gasteiger partial charge in [0.2, 0.25) is 0 Å². The molecule has 108 valence electrons. The molecule has 0 aliphatic carbocycles. The zero-order valence-electron chi connectivity index (χ0n) is 12.5. The second kappa shape index (κ2) is 7.63. The second-order valence-electron chi connectivity index (χ2n) is 5.07. The normalized spacial score (nSPS) is 11.8. The van der Waals surface area contributed by atoms with Crippen LogP contribution in [0, 0.1) is 11.3 Å². The number of hydrogen-bond donors (Lipinski definition) is 1. The van der Waals surface area contributed by atoms with Gasteiger partial charge in [-0.05, 0) is 43.0 Å². The fourth-order valence-corrected chi connectivity index (χ4v) is 2.22. The van der Waals surface area contributed by atoms with Crippen LogP contribution in [0.3, 0.4) is 0 Å². The van der Waals surface area contributed by atoms with Gasteiger partial charge in [-0.1, -0.05) is 32.1 Å². The van der Waals surface area contributed by atoms with Gasteiger partial charge in [0.25, 0.3) is 0 Å². The zero-order chi connectivity index (χ0) is 15.1. The molecule has 0 fully saturated rings. The summed E-state index contributed by atoms with van der Waals surface area (Å²) in [5, 5.41) is 8.12. The monoisotopic (exact) mass is 273 g/mol. The number of carbonyl (C=O) groups is 1. The highest BCUT2D eigenvalue weighted by Crippen LogP contribution is 2.19. The van der Waals surface area contributed by atoms with Crippen molar-refractivity contribution in [1.82, 2.24) is 0 Å². The van der Waals surface area contributed by atoms with E-state index in [1.54, 1.807) is 12.1 Å². The summed E-state index contributed by atoms with van der Waals surface area (Å²) >= 11 is 0. The molecular weight excluding hydrogens is 250 g/mol. The van der Waals surface area contributed by atoms with Crippen molar-refractivity contribution in [2.24, 2.45) is 5.92 Å². The third kappa shape index (κ3) is 4.34. The van der Waals surface area contributed by atoms with Gasteiger partial charge in [0, 0.05) is 11.6 Å². The van der Waals surface area contributed by atoms with Crippen molar-refractivity contribution < 1.29 is 9.53 Å². The molecule has 3 heteroatoms. The molecule has 0 spiro atoms. The highest BCUT2D eigenvalue weighted by molar-refractivity contribution is 5.98. The van der Waals surface area contributed by atoms with Gasteiger partial charge in [-0.15, -0.1) is 0 Å². The van der Waals surface area contributed by atoms with Gasteiger partial charge in [-0.3, -0.25) is 0 Å². The molecule has 0 radical (unpaired) electrons. The largest absolute Gasteiger partial charge is 0.465 e. The number of esters is 1. The van der Waals surface area contributed by atoms with E-state index in [1.807, 2.05) is 19.1 Å². The lowest BCUT2D eigenvalue weighted by Gasteiger charge is -2.17. The van der Waals surface area contributed by atoms with Crippen molar-refractivity contribution in [1.29, 1.82) is 5.41 Å². The number of benzene rings is 1. The molecule has 0 aliphatic rings.